The lowest BCUT2D eigenvalue weighted by molar-refractivity contribution is 0.0690. The van der Waals surface area contributed by atoms with E-state index in [9.17, 15) is 4.79 Å². The number of unbranched alkanes of at least 4 members (excludes halogenated alkanes) is 1. The summed E-state index contributed by atoms with van der Waals surface area (Å²) in [6, 6.07) is 5.23. The van der Waals surface area contributed by atoms with E-state index < -0.39 is 5.97 Å². The molecule has 0 spiro atoms. The minimum atomic E-state index is -0.951. The molecule has 17 heavy (non-hydrogen) atoms. The van der Waals surface area contributed by atoms with Crippen molar-refractivity contribution in [1.29, 1.82) is 0 Å². The van der Waals surface area contributed by atoms with Gasteiger partial charge in [0.1, 0.15) is 5.69 Å². The van der Waals surface area contributed by atoms with Gasteiger partial charge in [0.25, 0.3) is 0 Å². The van der Waals surface area contributed by atoms with Crippen molar-refractivity contribution < 1.29 is 9.90 Å². The molecule has 1 unspecified atom stereocenters. The molecular weight excluding hydrogens is 214 g/mol. The van der Waals surface area contributed by atoms with Gasteiger partial charge in [-0.25, -0.2) is 9.78 Å². The molecule has 0 aliphatic carbocycles. The standard InChI is InChI=1S/C14H21NO2/c1-3-5-7-11(4-2)10-12-8-6-9-13(15-12)14(16)17/h6,8-9,11H,3-5,7,10H2,1-2H3,(H,16,17). The molecule has 0 fully saturated rings. The second-order valence-electron chi connectivity index (χ2n) is 4.44. The van der Waals surface area contributed by atoms with Gasteiger partial charge >= 0.3 is 5.97 Å². The first-order chi connectivity index (χ1) is 8.17. The molecule has 0 aliphatic heterocycles. The monoisotopic (exact) mass is 235 g/mol. The number of nitrogens with zero attached hydrogens (tertiary/aromatic N) is 1. The Morgan fingerprint density at radius 3 is 2.76 bits per heavy atom. The highest BCUT2D eigenvalue weighted by molar-refractivity contribution is 5.85. The summed E-state index contributed by atoms with van der Waals surface area (Å²) < 4.78 is 0. The number of pyridine rings is 1. The van der Waals surface area contributed by atoms with Gasteiger partial charge in [-0.2, -0.15) is 0 Å². The number of carboxylic acids is 1. The number of hydrogen-bond acceptors (Lipinski definition) is 2. The molecule has 0 amide bonds. The highest BCUT2D eigenvalue weighted by atomic mass is 16.4. The first kappa shape index (κ1) is 13.7. The lowest BCUT2D eigenvalue weighted by atomic mass is 9.94. The van der Waals surface area contributed by atoms with Crippen LogP contribution in [0.3, 0.4) is 0 Å². The van der Waals surface area contributed by atoms with Crippen molar-refractivity contribution in [2.45, 2.75) is 46.0 Å². The second kappa shape index (κ2) is 7.05. The quantitative estimate of drug-likeness (QED) is 0.786. The van der Waals surface area contributed by atoms with E-state index in [0.29, 0.717) is 5.92 Å². The predicted molar refractivity (Wildman–Crippen MR) is 68.2 cm³/mol. The second-order valence-corrected chi connectivity index (χ2v) is 4.44. The van der Waals surface area contributed by atoms with Crippen LogP contribution in [0.1, 0.15) is 55.7 Å². The molecule has 94 valence electrons. The van der Waals surface area contributed by atoms with Gasteiger partial charge in [0.05, 0.1) is 0 Å². The van der Waals surface area contributed by atoms with Gasteiger partial charge in [-0.15, -0.1) is 0 Å². The van der Waals surface area contributed by atoms with Crippen molar-refractivity contribution >= 4 is 5.97 Å². The zero-order chi connectivity index (χ0) is 12.7. The number of aromatic nitrogens is 1. The number of carbonyl (C=O) groups is 1. The van der Waals surface area contributed by atoms with Crippen LogP contribution in [-0.2, 0) is 6.42 Å². The molecule has 1 aromatic heterocycles. The third-order valence-corrected chi connectivity index (χ3v) is 3.07. The summed E-state index contributed by atoms with van der Waals surface area (Å²) in [7, 11) is 0. The van der Waals surface area contributed by atoms with Crippen molar-refractivity contribution in [2.75, 3.05) is 0 Å². The van der Waals surface area contributed by atoms with E-state index in [1.54, 1.807) is 12.1 Å². The van der Waals surface area contributed by atoms with Crippen LogP contribution in [0, 0.1) is 5.92 Å². The van der Waals surface area contributed by atoms with Crippen molar-refractivity contribution in [2.24, 2.45) is 5.92 Å². The summed E-state index contributed by atoms with van der Waals surface area (Å²) in [5, 5.41) is 8.88. The summed E-state index contributed by atoms with van der Waals surface area (Å²) in [4.78, 5) is 15.0. The van der Waals surface area contributed by atoms with Crippen molar-refractivity contribution in [1.82, 2.24) is 4.98 Å². The number of aromatic carboxylic acids is 1. The Morgan fingerprint density at radius 1 is 1.41 bits per heavy atom. The molecule has 3 nitrogen and oxygen atoms in total. The van der Waals surface area contributed by atoms with Crippen LogP contribution in [0.15, 0.2) is 18.2 Å². The summed E-state index contributed by atoms with van der Waals surface area (Å²) in [5.41, 5.74) is 1.04. The summed E-state index contributed by atoms with van der Waals surface area (Å²) >= 11 is 0. The molecule has 0 aromatic carbocycles. The summed E-state index contributed by atoms with van der Waals surface area (Å²) in [6.45, 7) is 4.37. The molecule has 0 saturated carbocycles. The molecule has 1 N–H and O–H groups in total. The van der Waals surface area contributed by atoms with Gasteiger partial charge in [-0.1, -0.05) is 45.6 Å². The van der Waals surface area contributed by atoms with Gasteiger partial charge in [-0.05, 0) is 24.5 Å². The molecule has 3 heteroatoms. The van der Waals surface area contributed by atoms with E-state index in [4.69, 9.17) is 5.11 Å². The number of carboxylic acid groups (broad SMARTS) is 1. The van der Waals surface area contributed by atoms with Crippen molar-refractivity contribution in [3.63, 3.8) is 0 Å². The average Bonchev–Trinajstić information content (AvgIpc) is 2.34. The minimum Gasteiger partial charge on any atom is -0.477 e. The van der Waals surface area contributed by atoms with Gasteiger partial charge in [0.15, 0.2) is 0 Å². The van der Waals surface area contributed by atoms with Crippen LogP contribution in [0.4, 0.5) is 0 Å². The summed E-state index contributed by atoms with van der Waals surface area (Å²) in [5.74, 6) is -0.333. The van der Waals surface area contributed by atoms with Gasteiger partial charge in [-0.3, -0.25) is 0 Å². The van der Waals surface area contributed by atoms with Crippen LogP contribution < -0.4 is 0 Å². The predicted octanol–water partition coefficient (Wildman–Crippen LogP) is 3.54. The molecule has 1 atom stereocenters. The van der Waals surface area contributed by atoms with Gasteiger partial charge in [0.2, 0.25) is 0 Å². The van der Waals surface area contributed by atoms with E-state index in [1.165, 1.54) is 19.3 Å². The molecule has 0 bridgehead atoms. The lowest BCUT2D eigenvalue weighted by Gasteiger charge is -2.13. The Bertz CT molecular complexity index is 363. The molecule has 0 saturated heterocycles. The van der Waals surface area contributed by atoms with Crippen molar-refractivity contribution in [3.8, 4) is 0 Å². The number of rotatable bonds is 7. The normalized spacial score (nSPS) is 12.4. The SMILES string of the molecule is CCCCC(CC)Cc1cccc(C(=O)O)n1. The largest absolute Gasteiger partial charge is 0.477 e. The zero-order valence-electron chi connectivity index (χ0n) is 10.6. The third-order valence-electron chi connectivity index (χ3n) is 3.07. The fourth-order valence-corrected chi connectivity index (χ4v) is 1.95. The van der Waals surface area contributed by atoms with Crippen molar-refractivity contribution in [3.05, 3.63) is 29.6 Å². The van der Waals surface area contributed by atoms with E-state index >= 15 is 0 Å². The molecular formula is C14H21NO2. The fourth-order valence-electron chi connectivity index (χ4n) is 1.95. The smallest absolute Gasteiger partial charge is 0.354 e. The third kappa shape index (κ3) is 4.55. The Balaban J connectivity index is 2.65. The van der Waals surface area contributed by atoms with E-state index in [1.807, 2.05) is 6.07 Å². The Morgan fingerprint density at radius 2 is 2.18 bits per heavy atom. The van der Waals surface area contributed by atoms with E-state index in [-0.39, 0.29) is 5.69 Å². The zero-order valence-corrected chi connectivity index (χ0v) is 10.6. The lowest BCUT2D eigenvalue weighted by Crippen LogP contribution is -2.08. The Kier molecular flexibility index (Phi) is 5.67. The molecule has 1 heterocycles. The van der Waals surface area contributed by atoms with Gasteiger partial charge < -0.3 is 5.11 Å². The van der Waals surface area contributed by atoms with Crippen LogP contribution in [0.5, 0.6) is 0 Å². The Hall–Kier alpha value is -1.38. The topological polar surface area (TPSA) is 50.2 Å². The highest BCUT2D eigenvalue weighted by Gasteiger charge is 2.10. The van der Waals surface area contributed by atoms with Crippen LogP contribution in [0.2, 0.25) is 0 Å². The van der Waals surface area contributed by atoms with Crippen LogP contribution in [0.25, 0.3) is 0 Å². The number of hydrogen-bond donors (Lipinski definition) is 1. The molecule has 0 aliphatic rings. The van der Waals surface area contributed by atoms with E-state index in [2.05, 4.69) is 18.8 Å². The molecule has 0 radical (unpaired) electrons. The summed E-state index contributed by atoms with van der Waals surface area (Å²) in [6.07, 6.45) is 5.65. The van der Waals surface area contributed by atoms with Gasteiger partial charge in [0, 0.05) is 5.69 Å². The molecule has 1 rings (SSSR count). The maximum atomic E-state index is 10.8. The average molecular weight is 235 g/mol. The Labute approximate surface area is 103 Å². The van der Waals surface area contributed by atoms with Crippen LogP contribution >= 0.6 is 0 Å². The first-order valence-corrected chi connectivity index (χ1v) is 6.36. The minimum absolute atomic E-state index is 0.146. The maximum Gasteiger partial charge on any atom is 0.354 e. The fraction of sp³-hybridized carbons (Fsp3) is 0.571. The van der Waals surface area contributed by atoms with Crippen LogP contribution in [-0.4, -0.2) is 16.1 Å². The highest BCUT2D eigenvalue weighted by Crippen LogP contribution is 2.17. The maximum absolute atomic E-state index is 10.8. The molecule has 1 aromatic rings. The van der Waals surface area contributed by atoms with E-state index in [0.717, 1.165) is 18.5 Å². The first-order valence-electron chi connectivity index (χ1n) is 6.36.